The van der Waals surface area contributed by atoms with Crippen LogP contribution in [0.15, 0.2) is 36.5 Å². The van der Waals surface area contributed by atoms with E-state index in [0.717, 1.165) is 17.0 Å². The van der Waals surface area contributed by atoms with Crippen molar-refractivity contribution in [2.45, 2.75) is 6.04 Å². The number of benzene rings is 1. The van der Waals surface area contributed by atoms with Gasteiger partial charge in [-0.05, 0) is 12.1 Å². The summed E-state index contributed by atoms with van der Waals surface area (Å²) >= 11 is 0. The molecule has 0 bridgehead atoms. The fraction of sp³-hybridized carbons (Fsp3) is 0.250. The lowest BCUT2D eigenvalue weighted by Gasteiger charge is -2.13. The summed E-state index contributed by atoms with van der Waals surface area (Å²) in [5.41, 5.74) is 7.94. The molecule has 0 amide bonds. The van der Waals surface area contributed by atoms with Crippen LogP contribution >= 0.6 is 0 Å². The Morgan fingerprint density at radius 1 is 1.31 bits per heavy atom. The molecule has 0 saturated heterocycles. The summed E-state index contributed by atoms with van der Waals surface area (Å²) in [6.45, 7) is 0. The molecule has 1 atom stereocenters. The quantitative estimate of drug-likeness (QED) is 0.847. The second-order valence-corrected chi connectivity index (χ2v) is 3.63. The summed E-state index contributed by atoms with van der Waals surface area (Å²) in [5, 5.41) is 4.30. The van der Waals surface area contributed by atoms with Crippen molar-refractivity contribution in [3.05, 3.63) is 47.8 Å². The maximum Gasteiger partial charge on any atom is 0.124 e. The Morgan fingerprint density at radius 2 is 2.06 bits per heavy atom. The van der Waals surface area contributed by atoms with Crippen LogP contribution in [0, 0.1) is 0 Å². The molecule has 2 rings (SSSR count). The number of para-hydroxylation sites is 1. The Hall–Kier alpha value is -1.81. The van der Waals surface area contributed by atoms with E-state index in [1.165, 1.54) is 0 Å². The Bertz CT molecular complexity index is 479. The number of nitrogens with zero attached hydrogens (tertiary/aromatic N) is 2. The van der Waals surface area contributed by atoms with E-state index in [0.29, 0.717) is 0 Å². The molecule has 1 aromatic carbocycles. The number of rotatable bonds is 3. The van der Waals surface area contributed by atoms with Crippen LogP contribution in [0.5, 0.6) is 5.75 Å². The molecule has 0 spiro atoms. The molecule has 84 valence electrons. The number of hydrogen-bond donors (Lipinski definition) is 1. The highest BCUT2D eigenvalue weighted by atomic mass is 16.5. The fourth-order valence-electron chi connectivity index (χ4n) is 1.68. The van der Waals surface area contributed by atoms with Crippen molar-refractivity contribution in [2.24, 2.45) is 12.8 Å². The average molecular weight is 217 g/mol. The van der Waals surface area contributed by atoms with E-state index >= 15 is 0 Å². The van der Waals surface area contributed by atoms with Crippen molar-refractivity contribution in [3.63, 3.8) is 0 Å². The molecule has 0 radical (unpaired) electrons. The first kappa shape index (κ1) is 10.7. The molecule has 1 heterocycles. The van der Waals surface area contributed by atoms with Gasteiger partial charge in [0.05, 0.1) is 18.8 Å². The van der Waals surface area contributed by atoms with E-state index in [1.807, 2.05) is 43.6 Å². The van der Waals surface area contributed by atoms with E-state index in [2.05, 4.69) is 5.10 Å². The van der Waals surface area contributed by atoms with Crippen LogP contribution in [0.2, 0.25) is 0 Å². The largest absolute Gasteiger partial charge is 0.496 e. The Morgan fingerprint density at radius 3 is 2.69 bits per heavy atom. The predicted molar refractivity (Wildman–Crippen MR) is 62.2 cm³/mol. The molecule has 0 aliphatic heterocycles. The topological polar surface area (TPSA) is 53.1 Å². The first-order valence-corrected chi connectivity index (χ1v) is 5.10. The molecule has 0 aliphatic carbocycles. The molecule has 16 heavy (non-hydrogen) atoms. The second-order valence-electron chi connectivity index (χ2n) is 3.63. The third-order valence-electron chi connectivity index (χ3n) is 2.53. The van der Waals surface area contributed by atoms with E-state index in [4.69, 9.17) is 10.5 Å². The third kappa shape index (κ3) is 1.92. The minimum Gasteiger partial charge on any atom is -0.496 e. The second kappa shape index (κ2) is 4.37. The highest BCUT2D eigenvalue weighted by Gasteiger charge is 2.15. The van der Waals surface area contributed by atoms with Crippen molar-refractivity contribution >= 4 is 0 Å². The van der Waals surface area contributed by atoms with Crippen LogP contribution in [-0.2, 0) is 7.05 Å². The molecule has 0 aliphatic rings. The van der Waals surface area contributed by atoms with Gasteiger partial charge in [0.1, 0.15) is 5.75 Å². The van der Waals surface area contributed by atoms with Gasteiger partial charge in [-0.2, -0.15) is 5.10 Å². The maximum absolute atomic E-state index is 6.15. The van der Waals surface area contributed by atoms with Gasteiger partial charge in [-0.15, -0.1) is 0 Å². The minimum absolute atomic E-state index is 0.252. The monoisotopic (exact) mass is 217 g/mol. The zero-order chi connectivity index (χ0) is 11.5. The summed E-state index contributed by atoms with van der Waals surface area (Å²) in [6, 6.07) is 9.39. The van der Waals surface area contributed by atoms with Crippen molar-refractivity contribution in [1.82, 2.24) is 9.78 Å². The smallest absolute Gasteiger partial charge is 0.124 e. The molecule has 1 aromatic heterocycles. The lowest BCUT2D eigenvalue weighted by atomic mass is 10.0. The normalized spacial score (nSPS) is 12.4. The maximum atomic E-state index is 6.15. The van der Waals surface area contributed by atoms with Gasteiger partial charge in [-0.25, -0.2) is 0 Å². The summed E-state index contributed by atoms with van der Waals surface area (Å²) < 4.78 is 7.02. The Balaban J connectivity index is 2.36. The summed E-state index contributed by atoms with van der Waals surface area (Å²) in [4.78, 5) is 0. The molecule has 1 unspecified atom stereocenters. The van der Waals surface area contributed by atoms with Crippen LogP contribution in [0.25, 0.3) is 0 Å². The molecular weight excluding hydrogens is 202 g/mol. The van der Waals surface area contributed by atoms with Crippen LogP contribution in [0.4, 0.5) is 0 Å². The van der Waals surface area contributed by atoms with Crippen LogP contribution < -0.4 is 10.5 Å². The van der Waals surface area contributed by atoms with Gasteiger partial charge in [0.25, 0.3) is 0 Å². The molecule has 0 fully saturated rings. The van der Waals surface area contributed by atoms with Gasteiger partial charge in [-0.3, -0.25) is 4.68 Å². The van der Waals surface area contributed by atoms with Crippen molar-refractivity contribution in [3.8, 4) is 5.75 Å². The summed E-state index contributed by atoms with van der Waals surface area (Å²) in [5.74, 6) is 0.792. The number of nitrogens with two attached hydrogens (primary N) is 1. The van der Waals surface area contributed by atoms with Crippen LogP contribution in [0.3, 0.4) is 0 Å². The number of aromatic nitrogens is 2. The fourth-order valence-corrected chi connectivity index (χ4v) is 1.68. The van der Waals surface area contributed by atoms with Crippen LogP contribution in [0.1, 0.15) is 17.3 Å². The SMILES string of the molecule is COc1ccccc1C(N)c1ccn(C)n1. The molecule has 4 nitrogen and oxygen atoms in total. The van der Waals surface area contributed by atoms with Gasteiger partial charge < -0.3 is 10.5 Å². The third-order valence-corrected chi connectivity index (χ3v) is 2.53. The highest BCUT2D eigenvalue weighted by molar-refractivity contribution is 5.39. The average Bonchev–Trinajstić information content (AvgIpc) is 2.75. The number of methoxy groups -OCH3 is 1. The standard InChI is InChI=1S/C12H15N3O/c1-15-8-7-10(14-15)12(13)9-5-3-4-6-11(9)16-2/h3-8,12H,13H2,1-2H3. The van der Waals surface area contributed by atoms with Gasteiger partial charge in [0, 0.05) is 18.8 Å². The summed E-state index contributed by atoms with van der Waals surface area (Å²) in [7, 11) is 3.52. The van der Waals surface area contributed by atoms with E-state index in [9.17, 15) is 0 Å². The first-order chi connectivity index (χ1) is 7.72. The lowest BCUT2D eigenvalue weighted by Crippen LogP contribution is -2.14. The lowest BCUT2D eigenvalue weighted by molar-refractivity contribution is 0.407. The van der Waals surface area contributed by atoms with Gasteiger partial charge in [-0.1, -0.05) is 18.2 Å². The molecule has 2 N–H and O–H groups in total. The minimum atomic E-state index is -0.252. The van der Waals surface area contributed by atoms with Crippen LogP contribution in [-0.4, -0.2) is 16.9 Å². The van der Waals surface area contributed by atoms with Gasteiger partial charge >= 0.3 is 0 Å². The first-order valence-electron chi connectivity index (χ1n) is 5.10. The summed E-state index contributed by atoms with van der Waals surface area (Å²) in [6.07, 6.45) is 1.88. The Kier molecular flexibility index (Phi) is 2.92. The molecule has 2 aromatic rings. The van der Waals surface area contributed by atoms with E-state index in [1.54, 1.807) is 11.8 Å². The molecular formula is C12H15N3O. The van der Waals surface area contributed by atoms with Gasteiger partial charge in [0.2, 0.25) is 0 Å². The van der Waals surface area contributed by atoms with E-state index < -0.39 is 0 Å². The predicted octanol–water partition coefficient (Wildman–Crippen LogP) is 1.48. The number of aryl methyl sites for hydroxylation is 1. The Labute approximate surface area is 94.6 Å². The number of hydrogen-bond acceptors (Lipinski definition) is 3. The van der Waals surface area contributed by atoms with Crippen molar-refractivity contribution < 1.29 is 4.74 Å². The number of ether oxygens (including phenoxy) is 1. The highest BCUT2D eigenvalue weighted by Crippen LogP contribution is 2.26. The van der Waals surface area contributed by atoms with Crippen molar-refractivity contribution in [1.29, 1.82) is 0 Å². The van der Waals surface area contributed by atoms with Crippen molar-refractivity contribution in [2.75, 3.05) is 7.11 Å². The van der Waals surface area contributed by atoms with Gasteiger partial charge in [0.15, 0.2) is 0 Å². The van der Waals surface area contributed by atoms with E-state index in [-0.39, 0.29) is 6.04 Å². The zero-order valence-electron chi connectivity index (χ0n) is 9.42. The zero-order valence-corrected chi connectivity index (χ0v) is 9.42. The molecule has 0 saturated carbocycles. The molecule has 4 heteroatoms.